The highest BCUT2D eigenvalue weighted by Gasteiger charge is 2.04. The molecule has 0 atom stereocenters. The number of hydrogen-bond acceptors (Lipinski definition) is 3. The molecule has 0 saturated carbocycles. The number of anilines is 1. The second-order valence-corrected chi connectivity index (χ2v) is 6.40. The summed E-state index contributed by atoms with van der Waals surface area (Å²) in [6.45, 7) is 0. The SMILES string of the molecule is O=c1[nH]c2c(ccc3ccccc32)cc1/C=N/NC(=S)Nc1ccccc1. The lowest BCUT2D eigenvalue weighted by Crippen LogP contribution is -2.24. The molecule has 0 aliphatic rings. The summed E-state index contributed by atoms with van der Waals surface area (Å²) in [5.41, 5.74) is 4.66. The predicted octanol–water partition coefficient (Wildman–Crippen LogP) is 4.00. The molecule has 132 valence electrons. The third-order valence-electron chi connectivity index (χ3n) is 4.17. The molecule has 0 amide bonds. The molecule has 4 aromatic rings. The zero-order valence-electron chi connectivity index (χ0n) is 14.3. The van der Waals surface area contributed by atoms with E-state index < -0.39 is 0 Å². The Bertz CT molecular complexity index is 1220. The lowest BCUT2D eigenvalue weighted by atomic mass is 10.1. The van der Waals surface area contributed by atoms with Crippen LogP contribution in [0.3, 0.4) is 0 Å². The van der Waals surface area contributed by atoms with Crippen LogP contribution in [0.1, 0.15) is 5.56 Å². The second kappa shape index (κ2) is 7.39. The van der Waals surface area contributed by atoms with Gasteiger partial charge < -0.3 is 10.3 Å². The number of rotatable bonds is 3. The van der Waals surface area contributed by atoms with Gasteiger partial charge in [-0.15, -0.1) is 0 Å². The van der Waals surface area contributed by atoms with Crippen molar-refractivity contribution in [3.05, 3.63) is 88.7 Å². The van der Waals surface area contributed by atoms with Gasteiger partial charge >= 0.3 is 0 Å². The van der Waals surface area contributed by atoms with Gasteiger partial charge in [-0.3, -0.25) is 10.2 Å². The number of aromatic nitrogens is 1. The topological polar surface area (TPSA) is 69.3 Å². The molecule has 3 N–H and O–H groups in total. The molecule has 1 heterocycles. The first-order valence-corrected chi connectivity index (χ1v) is 8.81. The van der Waals surface area contributed by atoms with Crippen molar-refractivity contribution >= 4 is 50.9 Å². The van der Waals surface area contributed by atoms with Gasteiger partial charge in [0.05, 0.1) is 17.3 Å². The molecule has 0 radical (unpaired) electrons. The van der Waals surface area contributed by atoms with Crippen LogP contribution in [0.15, 0.2) is 82.7 Å². The van der Waals surface area contributed by atoms with E-state index in [1.165, 1.54) is 6.21 Å². The highest BCUT2D eigenvalue weighted by atomic mass is 32.1. The zero-order valence-corrected chi connectivity index (χ0v) is 15.1. The molecule has 6 heteroatoms. The van der Waals surface area contributed by atoms with E-state index >= 15 is 0 Å². The van der Waals surface area contributed by atoms with Gasteiger partial charge in [0.2, 0.25) is 0 Å². The van der Waals surface area contributed by atoms with Crippen LogP contribution in [-0.2, 0) is 0 Å². The molecule has 5 nitrogen and oxygen atoms in total. The van der Waals surface area contributed by atoms with Gasteiger partial charge in [0.15, 0.2) is 5.11 Å². The van der Waals surface area contributed by atoms with Crippen molar-refractivity contribution in [2.75, 3.05) is 5.32 Å². The maximum atomic E-state index is 12.4. The van der Waals surface area contributed by atoms with Crippen LogP contribution in [-0.4, -0.2) is 16.3 Å². The maximum Gasteiger partial charge on any atom is 0.257 e. The fourth-order valence-electron chi connectivity index (χ4n) is 2.90. The largest absolute Gasteiger partial charge is 0.331 e. The van der Waals surface area contributed by atoms with Gasteiger partial charge in [-0.2, -0.15) is 5.10 Å². The predicted molar refractivity (Wildman–Crippen MR) is 115 cm³/mol. The standard InChI is InChI=1S/C21H16N4OS/c26-20-16(13-22-25-21(27)23-17-7-2-1-3-8-17)12-15-11-10-14-6-4-5-9-18(14)19(15)24-20/h1-13H,(H,24,26)(H2,23,25,27)/b22-13+. The first-order valence-electron chi connectivity index (χ1n) is 8.40. The number of pyridine rings is 1. The lowest BCUT2D eigenvalue weighted by molar-refractivity contribution is 1.05. The number of hydrogen-bond donors (Lipinski definition) is 3. The van der Waals surface area contributed by atoms with Gasteiger partial charge in [0.25, 0.3) is 5.56 Å². The van der Waals surface area contributed by atoms with Gasteiger partial charge in [0, 0.05) is 11.1 Å². The number of H-pyrrole nitrogens is 1. The molecule has 0 fully saturated rings. The summed E-state index contributed by atoms with van der Waals surface area (Å²) in [5, 5.41) is 10.5. The quantitative estimate of drug-likeness (QED) is 0.220. The van der Waals surface area contributed by atoms with E-state index in [1.807, 2.05) is 72.8 Å². The van der Waals surface area contributed by atoms with Gasteiger partial charge in [0.1, 0.15) is 0 Å². The van der Waals surface area contributed by atoms with Crippen LogP contribution in [0, 0.1) is 0 Å². The molecule has 27 heavy (non-hydrogen) atoms. The van der Waals surface area contributed by atoms with Crippen LogP contribution in [0.5, 0.6) is 0 Å². The van der Waals surface area contributed by atoms with Crippen molar-refractivity contribution in [1.82, 2.24) is 10.4 Å². The maximum absolute atomic E-state index is 12.4. The fourth-order valence-corrected chi connectivity index (χ4v) is 3.07. The summed E-state index contributed by atoms with van der Waals surface area (Å²) in [6, 6.07) is 23.3. The van der Waals surface area contributed by atoms with Gasteiger partial charge in [-0.05, 0) is 41.2 Å². The van der Waals surface area contributed by atoms with E-state index in [9.17, 15) is 4.79 Å². The number of aromatic amines is 1. The molecule has 0 spiro atoms. The molecular weight excluding hydrogens is 356 g/mol. The monoisotopic (exact) mass is 372 g/mol. The highest BCUT2D eigenvalue weighted by molar-refractivity contribution is 7.80. The van der Waals surface area contributed by atoms with Crippen molar-refractivity contribution in [2.45, 2.75) is 0 Å². The number of thiocarbonyl (C=S) groups is 1. The van der Waals surface area contributed by atoms with Crippen molar-refractivity contribution in [3.63, 3.8) is 0 Å². The van der Waals surface area contributed by atoms with Crippen LogP contribution in [0.25, 0.3) is 21.7 Å². The summed E-state index contributed by atoms with van der Waals surface area (Å²) >= 11 is 5.19. The molecule has 0 aliphatic heterocycles. The minimum atomic E-state index is -0.202. The first-order chi connectivity index (χ1) is 13.2. The molecule has 0 bridgehead atoms. The Morgan fingerprint density at radius 3 is 2.56 bits per heavy atom. The van der Waals surface area contributed by atoms with Crippen molar-refractivity contribution in [1.29, 1.82) is 0 Å². The number of nitrogens with zero attached hydrogens (tertiary/aromatic N) is 1. The first kappa shape index (κ1) is 16.9. The van der Waals surface area contributed by atoms with Gasteiger partial charge in [-0.25, -0.2) is 0 Å². The Labute approximate surface area is 160 Å². The Hall–Kier alpha value is -3.51. The van der Waals surface area contributed by atoms with E-state index in [2.05, 4.69) is 20.8 Å². The normalized spacial score (nSPS) is 11.1. The van der Waals surface area contributed by atoms with E-state index in [0.29, 0.717) is 10.7 Å². The van der Waals surface area contributed by atoms with Crippen LogP contribution in [0.4, 0.5) is 5.69 Å². The smallest absolute Gasteiger partial charge is 0.257 e. The number of hydrazone groups is 1. The number of para-hydroxylation sites is 1. The number of fused-ring (bicyclic) bond motifs is 3. The van der Waals surface area contributed by atoms with E-state index in [1.54, 1.807) is 0 Å². The number of nitrogens with one attached hydrogen (secondary N) is 3. The average Bonchev–Trinajstić information content (AvgIpc) is 2.69. The van der Waals surface area contributed by atoms with Crippen molar-refractivity contribution in [2.24, 2.45) is 5.10 Å². The third kappa shape index (κ3) is 3.70. The Morgan fingerprint density at radius 2 is 1.70 bits per heavy atom. The van der Waals surface area contributed by atoms with Crippen LogP contribution in [0.2, 0.25) is 0 Å². The number of benzene rings is 3. The molecule has 0 saturated heterocycles. The van der Waals surface area contributed by atoms with E-state index in [4.69, 9.17) is 12.2 Å². The zero-order chi connectivity index (χ0) is 18.6. The minimum Gasteiger partial charge on any atom is -0.331 e. The molecule has 0 unspecified atom stereocenters. The molecule has 4 rings (SSSR count). The summed E-state index contributed by atoms with van der Waals surface area (Å²) in [7, 11) is 0. The highest BCUT2D eigenvalue weighted by Crippen LogP contribution is 2.22. The van der Waals surface area contributed by atoms with Crippen molar-refractivity contribution < 1.29 is 0 Å². The summed E-state index contributed by atoms with van der Waals surface area (Å²) in [5.74, 6) is 0. The lowest BCUT2D eigenvalue weighted by Gasteiger charge is -2.06. The molecule has 1 aromatic heterocycles. The third-order valence-corrected chi connectivity index (χ3v) is 4.37. The van der Waals surface area contributed by atoms with Crippen molar-refractivity contribution in [3.8, 4) is 0 Å². The molecule has 3 aromatic carbocycles. The Kier molecular flexibility index (Phi) is 4.63. The average molecular weight is 372 g/mol. The second-order valence-electron chi connectivity index (χ2n) is 5.99. The summed E-state index contributed by atoms with van der Waals surface area (Å²) in [6.07, 6.45) is 1.46. The molecule has 0 aliphatic carbocycles. The fraction of sp³-hybridized carbons (Fsp3) is 0. The summed E-state index contributed by atoms with van der Waals surface area (Å²) < 4.78 is 0. The van der Waals surface area contributed by atoms with Crippen LogP contribution < -0.4 is 16.3 Å². The van der Waals surface area contributed by atoms with E-state index in [0.717, 1.165) is 27.4 Å². The van der Waals surface area contributed by atoms with Gasteiger partial charge in [-0.1, -0.05) is 54.6 Å². The van der Waals surface area contributed by atoms with E-state index in [-0.39, 0.29) is 5.56 Å². The Balaban J connectivity index is 1.56. The summed E-state index contributed by atoms with van der Waals surface area (Å²) in [4.78, 5) is 15.4. The molecular formula is C21H16N4OS. The minimum absolute atomic E-state index is 0.202. The van der Waals surface area contributed by atoms with Crippen LogP contribution >= 0.6 is 12.2 Å². The Morgan fingerprint density at radius 1 is 0.963 bits per heavy atom.